The number of hydrogen-bond acceptors (Lipinski definition) is 3. The van der Waals surface area contributed by atoms with Crippen molar-refractivity contribution in [3.8, 4) is 0 Å². The summed E-state index contributed by atoms with van der Waals surface area (Å²) >= 11 is 0. The number of carboxylic acid groups (broad SMARTS) is 1. The van der Waals surface area contributed by atoms with Gasteiger partial charge in [0, 0.05) is 6.26 Å². The molecule has 1 unspecified atom stereocenters. The van der Waals surface area contributed by atoms with Crippen LogP contribution in [0.4, 0.5) is 4.79 Å². The van der Waals surface area contributed by atoms with E-state index in [0.717, 1.165) is 0 Å². The Hall–Kier alpha value is -0.620. The van der Waals surface area contributed by atoms with Gasteiger partial charge in [-0.05, 0) is 0 Å². The molecule has 0 saturated carbocycles. The Morgan fingerprint density at radius 2 is 2.27 bits per heavy atom. The summed E-state index contributed by atoms with van der Waals surface area (Å²) in [5.41, 5.74) is 0. The van der Waals surface area contributed by atoms with E-state index in [4.69, 9.17) is 9.84 Å². The second-order valence-electron chi connectivity index (χ2n) is 2.39. The summed E-state index contributed by atoms with van der Waals surface area (Å²) in [6.45, 7) is 0.707. The van der Waals surface area contributed by atoms with Crippen molar-refractivity contribution in [2.75, 3.05) is 19.5 Å². The molecule has 0 spiro atoms. The lowest BCUT2D eigenvalue weighted by Gasteiger charge is -2.26. The highest BCUT2D eigenvalue weighted by Crippen LogP contribution is 2.12. The second-order valence-corrected chi connectivity index (χ2v) is 4.97. The summed E-state index contributed by atoms with van der Waals surface area (Å²) in [5, 5.41) is 8.02. The van der Waals surface area contributed by atoms with E-state index in [-0.39, 0.29) is 5.25 Å². The third-order valence-electron chi connectivity index (χ3n) is 1.49. The highest BCUT2D eigenvalue weighted by Gasteiger charge is 2.27. The molecule has 0 bridgehead atoms. The van der Waals surface area contributed by atoms with Crippen LogP contribution in [0.25, 0.3) is 0 Å². The minimum absolute atomic E-state index is 0.210. The normalized spacial score (nSPS) is 23.4. The standard InChI is InChI=1S/C5H9NO4S/c1-11(9,6-5(7)8)4-2-10-3-4/h4H,2-3H2,1H3,(H,7,8). The fourth-order valence-corrected chi connectivity index (χ4v) is 1.85. The first-order valence-electron chi connectivity index (χ1n) is 3.04. The smallest absolute Gasteiger partial charge is 0.439 e. The van der Waals surface area contributed by atoms with Gasteiger partial charge in [0.1, 0.15) is 0 Å². The number of hydrogen-bond donors (Lipinski definition) is 1. The van der Waals surface area contributed by atoms with Gasteiger partial charge in [-0.3, -0.25) is 0 Å². The van der Waals surface area contributed by atoms with Crippen LogP contribution in [0.5, 0.6) is 0 Å². The van der Waals surface area contributed by atoms with Crippen LogP contribution in [0.2, 0.25) is 0 Å². The predicted octanol–water partition coefficient (Wildman–Crippen LogP) is 0.161. The van der Waals surface area contributed by atoms with Crippen LogP contribution in [0.3, 0.4) is 0 Å². The van der Waals surface area contributed by atoms with Crippen LogP contribution in [0, 0.1) is 0 Å². The minimum Gasteiger partial charge on any atom is -0.463 e. The molecule has 1 aliphatic rings. The monoisotopic (exact) mass is 179 g/mol. The van der Waals surface area contributed by atoms with Gasteiger partial charge in [-0.2, -0.15) is 0 Å². The summed E-state index contributed by atoms with van der Waals surface area (Å²) in [5.74, 6) is 0. The van der Waals surface area contributed by atoms with Gasteiger partial charge in [-0.25, -0.2) is 9.00 Å². The molecule has 11 heavy (non-hydrogen) atoms. The third kappa shape index (κ3) is 1.90. The van der Waals surface area contributed by atoms with Gasteiger partial charge in [0.05, 0.1) is 28.2 Å². The molecular formula is C5H9NO4S. The highest BCUT2D eigenvalue weighted by atomic mass is 32.2. The van der Waals surface area contributed by atoms with Gasteiger partial charge >= 0.3 is 6.09 Å². The quantitative estimate of drug-likeness (QED) is 0.622. The van der Waals surface area contributed by atoms with Gasteiger partial charge < -0.3 is 9.84 Å². The molecule has 0 aromatic rings. The topological polar surface area (TPSA) is 76.0 Å². The van der Waals surface area contributed by atoms with Crippen molar-refractivity contribution in [1.82, 2.24) is 0 Å². The Morgan fingerprint density at radius 3 is 2.55 bits per heavy atom. The Morgan fingerprint density at radius 1 is 1.73 bits per heavy atom. The van der Waals surface area contributed by atoms with Crippen LogP contribution >= 0.6 is 0 Å². The van der Waals surface area contributed by atoms with Crippen molar-refractivity contribution in [2.24, 2.45) is 4.36 Å². The molecule has 64 valence electrons. The second kappa shape index (κ2) is 2.78. The van der Waals surface area contributed by atoms with Crippen molar-refractivity contribution >= 4 is 15.8 Å². The lowest BCUT2D eigenvalue weighted by molar-refractivity contribution is 0.0431. The number of ether oxygens (including phenoxy) is 1. The van der Waals surface area contributed by atoms with Crippen LogP contribution in [0.1, 0.15) is 0 Å². The zero-order valence-corrected chi connectivity index (χ0v) is 6.84. The van der Waals surface area contributed by atoms with Gasteiger partial charge in [0.2, 0.25) is 0 Å². The molecule has 1 amide bonds. The van der Waals surface area contributed by atoms with E-state index in [1.54, 1.807) is 0 Å². The first-order chi connectivity index (χ1) is 5.02. The van der Waals surface area contributed by atoms with Gasteiger partial charge in [0.25, 0.3) is 0 Å². The maximum Gasteiger partial charge on any atom is 0.439 e. The van der Waals surface area contributed by atoms with Crippen LogP contribution in [-0.4, -0.2) is 40.1 Å². The minimum atomic E-state index is -2.57. The van der Waals surface area contributed by atoms with Crippen LogP contribution in [0.15, 0.2) is 4.36 Å². The lowest BCUT2D eigenvalue weighted by atomic mass is 10.4. The maximum atomic E-state index is 11.4. The average Bonchev–Trinajstić information content (AvgIpc) is 1.50. The molecule has 1 N–H and O–H groups in total. The number of nitrogens with zero attached hydrogens (tertiary/aromatic N) is 1. The van der Waals surface area contributed by atoms with Crippen molar-refractivity contribution in [3.63, 3.8) is 0 Å². The first kappa shape index (κ1) is 8.48. The first-order valence-corrected chi connectivity index (χ1v) is 5.02. The maximum absolute atomic E-state index is 11.4. The van der Waals surface area contributed by atoms with Crippen molar-refractivity contribution < 1.29 is 18.8 Å². The molecule has 0 aromatic carbocycles. The summed E-state index contributed by atoms with van der Waals surface area (Å²) in [7, 11) is -2.57. The van der Waals surface area contributed by atoms with Crippen molar-refractivity contribution in [2.45, 2.75) is 5.25 Å². The fraction of sp³-hybridized carbons (Fsp3) is 0.800. The number of rotatable bonds is 1. The Labute approximate surface area is 64.5 Å². The lowest BCUT2D eigenvalue weighted by Crippen LogP contribution is -2.40. The zero-order valence-electron chi connectivity index (χ0n) is 6.02. The van der Waals surface area contributed by atoms with Gasteiger partial charge in [-0.1, -0.05) is 0 Å². The summed E-state index contributed by atoms with van der Waals surface area (Å²) in [4.78, 5) is 10.1. The van der Waals surface area contributed by atoms with E-state index in [2.05, 4.69) is 4.36 Å². The van der Waals surface area contributed by atoms with Crippen LogP contribution in [-0.2, 0) is 14.5 Å². The largest absolute Gasteiger partial charge is 0.463 e. The molecule has 0 radical (unpaired) electrons. The molecule has 6 heteroatoms. The molecule has 1 saturated heterocycles. The van der Waals surface area contributed by atoms with E-state index in [1.807, 2.05) is 0 Å². The van der Waals surface area contributed by atoms with Crippen molar-refractivity contribution in [3.05, 3.63) is 0 Å². The Kier molecular flexibility index (Phi) is 2.15. The fourth-order valence-electron chi connectivity index (χ4n) is 0.696. The SMILES string of the molecule is CS(=O)(=NC(=O)O)C1COC1. The van der Waals surface area contributed by atoms with Crippen molar-refractivity contribution in [1.29, 1.82) is 0 Å². The molecule has 1 heterocycles. The predicted molar refractivity (Wildman–Crippen MR) is 39.1 cm³/mol. The Bertz CT molecular complexity index is 274. The Balaban J connectivity index is 2.80. The molecule has 5 nitrogen and oxygen atoms in total. The molecule has 1 aliphatic heterocycles. The van der Waals surface area contributed by atoms with E-state index >= 15 is 0 Å². The number of amides is 1. The van der Waals surface area contributed by atoms with E-state index < -0.39 is 15.8 Å². The summed E-state index contributed by atoms with van der Waals surface area (Å²) in [6, 6.07) is 0. The molecular weight excluding hydrogens is 170 g/mol. The van der Waals surface area contributed by atoms with Crippen LogP contribution < -0.4 is 0 Å². The van der Waals surface area contributed by atoms with E-state index in [0.29, 0.717) is 13.2 Å². The van der Waals surface area contributed by atoms with E-state index in [1.165, 1.54) is 6.26 Å². The molecule has 0 aromatic heterocycles. The molecule has 1 atom stereocenters. The molecule has 1 rings (SSSR count). The van der Waals surface area contributed by atoms with Gasteiger partial charge in [0.15, 0.2) is 0 Å². The zero-order chi connectivity index (χ0) is 8.48. The summed E-state index contributed by atoms with van der Waals surface area (Å²) < 4.78 is 19.2. The molecule has 1 fully saturated rings. The van der Waals surface area contributed by atoms with E-state index in [9.17, 15) is 9.00 Å². The molecule has 0 aliphatic carbocycles. The number of carbonyl (C=O) groups is 1. The highest BCUT2D eigenvalue weighted by molar-refractivity contribution is 7.93. The third-order valence-corrected chi connectivity index (χ3v) is 3.51. The summed E-state index contributed by atoms with van der Waals surface area (Å²) in [6.07, 6.45) is -0.0294. The van der Waals surface area contributed by atoms with Gasteiger partial charge in [-0.15, -0.1) is 4.36 Å². The average molecular weight is 179 g/mol.